The lowest BCUT2D eigenvalue weighted by atomic mass is 10.2. The highest BCUT2D eigenvalue weighted by atomic mass is 19.3. The van der Waals surface area contributed by atoms with Crippen LogP contribution in [-0.4, -0.2) is 36.2 Å². The molecule has 1 aromatic rings. The number of benzene rings is 1. The Bertz CT molecular complexity index is 440. The molecule has 100 valence electrons. The predicted molar refractivity (Wildman–Crippen MR) is 60.2 cm³/mol. The molecule has 0 spiro atoms. The van der Waals surface area contributed by atoms with Gasteiger partial charge in [0.15, 0.2) is 0 Å². The van der Waals surface area contributed by atoms with Gasteiger partial charge in [0.25, 0.3) is 11.6 Å². The first-order chi connectivity index (χ1) is 8.39. The molecule has 8 heteroatoms. The maximum absolute atomic E-state index is 12.8. The largest absolute Gasteiger partial charge is 0.496 e. The second-order valence-electron chi connectivity index (χ2n) is 3.51. The van der Waals surface area contributed by atoms with Crippen LogP contribution in [-0.2, 0) is 0 Å². The van der Waals surface area contributed by atoms with E-state index in [9.17, 15) is 18.9 Å². The van der Waals surface area contributed by atoms with E-state index in [2.05, 4.69) is 5.32 Å². The first kappa shape index (κ1) is 14.1. The van der Waals surface area contributed by atoms with E-state index in [4.69, 9.17) is 9.84 Å². The fourth-order valence-electron chi connectivity index (χ4n) is 1.22. The fourth-order valence-corrected chi connectivity index (χ4v) is 1.22. The summed E-state index contributed by atoms with van der Waals surface area (Å²) in [4.78, 5) is 10.1. The number of rotatable bonds is 6. The Labute approximate surface area is 101 Å². The van der Waals surface area contributed by atoms with Crippen LogP contribution in [0.3, 0.4) is 0 Å². The van der Waals surface area contributed by atoms with Crippen molar-refractivity contribution in [2.75, 3.05) is 25.6 Å². The molecule has 0 saturated carbocycles. The third kappa shape index (κ3) is 3.52. The minimum absolute atomic E-state index is 0.0612. The summed E-state index contributed by atoms with van der Waals surface area (Å²) in [5, 5.41) is 21.4. The van der Waals surface area contributed by atoms with Gasteiger partial charge in [-0.15, -0.1) is 0 Å². The number of alkyl halides is 2. The number of halogens is 2. The number of hydrogen-bond acceptors (Lipinski definition) is 5. The Morgan fingerprint density at radius 1 is 1.56 bits per heavy atom. The van der Waals surface area contributed by atoms with Crippen molar-refractivity contribution in [1.82, 2.24) is 0 Å². The molecule has 0 unspecified atom stereocenters. The summed E-state index contributed by atoms with van der Waals surface area (Å²) >= 11 is 0. The van der Waals surface area contributed by atoms with Gasteiger partial charge in [-0.05, 0) is 12.1 Å². The summed E-state index contributed by atoms with van der Waals surface area (Å²) < 4.78 is 30.4. The zero-order valence-electron chi connectivity index (χ0n) is 9.52. The van der Waals surface area contributed by atoms with Gasteiger partial charge >= 0.3 is 0 Å². The van der Waals surface area contributed by atoms with E-state index in [1.165, 1.54) is 19.2 Å². The van der Waals surface area contributed by atoms with Crippen LogP contribution in [0.1, 0.15) is 0 Å². The van der Waals surface area contributed by atoms with Gasteiger partial charge in [0.05, 0.1) is 24.6 Å². The van der Waals surface area contributed by atoms with Gasteiger partial charge in [-0.2, -0.15) is 0 Å². The molecule has 0 radical (unpaired) electrons. The van der Waals surface area contributed by atoms with E-state index < -0.39 is 24.0 Å². The molecule has 6 nitrogen and oxygen atoms in total. The Morgan fingerprint density at radius 3 is 2.72 bits per heavy atom. The molecule has 0 bridgehead atoms. The highest BCUT2D eigenvalue weighted by molar-refractivity contribution is 5.63. The van der Waals surface area contributed by atoms with Crippen molar-refractivity contribution in [3.8, 4) is 5.75 Å². The van der Waals surface area contributed by atoms with Crippen LogP contribution in [0.4, 0.5) is 20.2 Å². The van der Waals surface area contributed by atoms with E-state index in [1.807, 2.05) is 0 Å². The number of nitro benzene ring substituents is 1. The van der Waals surface area contributed by atoms with Gasteiger partial charge in [-0.25, -0.2) is 8.78 Å². The maximum Gasteiger partial charge on any atom is 0.296 e. The number of ether oxygens (including phenoxy) is 1. The second kappa shape index (κ2) is 5.58. The average molecular weight is 262 g/mol. The number of nitrogens with one attached hydrogen (secondary N) is 1. The molecule has 2 N–H and O–H groups in total. The van der Waals surface area contributed by atoms with Crippen LogP contribution in [0.2, 0.25) is 0 Å². The fraction of sp³-hybridized carbons (Fsp3) is 0.400. The minimum Gasteiger partial charge on any atom is -0.496 e. The van der Waals surface area contributed by atoms with Crippen molar-refractivity contribution in [2.45, 2.75) is 5.92 Å². The third-order valence-corrected chi connectivity index (χ3v) is 2.17. The van der Waals surface area contributed by atoms with Gasteiger partial charge in [-0.3, -0.25) is 10.1 Å². The van der Waals surface area contributed by atoms with E-state index in [0.29, 0.717) is 0 Å². The number of nitro groups is 1. The van der Waals surface area contributed by atoms with Crippen LogP contribution >= 0.6 is 0 Å². The van der Waals surface area contributed by atoms with Crippen LogP contribution < -0.4 is 10.1 Å². The van der Waals surface area contributed by atoms with Gasteiger partial charge in [0.2, 0.25) is 0 Å². The Kier molecular flexibility index (Phi) is 4.38. The smallest absolute Gasteiger partial charge is 0.296 e. The Hall–Kier alpha value is -1.96. The normalized spacial score (nSPS) is 11.1. The summed E-state index contributed by atoms with van der Waals surface area (Å²) in [7, 11) is 1.34. The first-order valence-electron chi connectivity index (χ1n) is 4.94. The van der Waals surface area contributed by atoms with Crippen LogP contribution in [0.5, 0.6) is 5.75 Å². The maximum atomic E-state index is 12.8. The van der Waals surface area contributed by atoms with Gasteiger partial charge in [0, 0.05) is 0 Å². The van der Waals surface area contributed by atoms with Crippen molar-refractivity contribution in [1.29, 1.82) is 0 Å². The van der Waals surface area contributed by atoms with Crippen molar-refractivity contribution in [2.24, 2.45) is 0 Å². The molecule has 0 amide bonds. The van der Waals surface area contributed by atoms with E-state index in [1.54, 1.807) is 0 Å². The number of aliphatic hydroxyl groups excluding tert-OH is 1. The Morgan fingerprint density at radius 2 is 2.22 bits per heavy atom. The topological polar surface area (TPSA) is 84.6 Å². The predicted octanol–water partition coefficient (Wildman–Crippen LogP) is 1.64. The monoisotopic (exact) mass is 262 g/mol. The van der Waals surface area contributed by atoms with Crippen molar-refractivity contribution >= 4 is 11.4 Å². The van der Waals surface area contributed by atoms with Crippen molar-refractivity contribution < 1.29 is 23.5 Å². The van der Waals surface area contributed by atoms with Crippen molar-refractivity contribution in [3.63, 3.8) is 0 Å². The first-order valence-corrected chi connectivity index (χ1v) is 4.94. The molecular formula is C10H12F2N2O4. The van der Waals surface area contributed by atoms with Gasteiger partial charge in [0.1, 0.15) is 18.0 Å². The number of aliphatic hydroxyl groups is 1. The second-order valence-corrected chi connectivity index (χ2v) is 3.51. The summed E-state index contributed by atoms with van der Waals surface area (Å²) in [5.41, 5.74) is -0.433. The molecule has 0 heterocycles. The number of anilines is 1. The third-order valence-electron chi connectivity index (χ3n) is 2.17. The van der Waals surface area contributed by atoms with Crippen LogP contribution in [0, 0.1) is 10.1 Å². The molecule has 0 aliphatic heterocycles. The van der Waals surface area contributed by atoms with E-state index >= 15 is 0 Å². The summed E-state index contributed by atoms with van der Waals surface area (Å²) in [5.74, 6) is -3.09. The summed E-state index contributed by atoms with van der Waals surface area (Å²) in [6.07, 6.45) is 0. The molecule has 1 aromatic carbocycles. The van der Waals surface area contributed by atoms with Gasteiger partial charge in [-0.1, -0.05) is 0 Å². The van der Waals surface area contributed by atoms with E-state index in [-0.39, 0.29) is 17.1 Å². The molecule has 0 aliphatic rings. The molecule has 0 aromatic heterocycles. The standard InChI is InChI=1S/C10H12F2N2O4/c1-18-7-2-3-8(9(4-7)14(16)17)13-5-10(11,12)6-15/h2-4,13,15H,5-6H2,1H3. The highest BCUT2D eigenvalue weighted by Gasteiger charge is 2.28. The molecule has 0 fully saturated rings. The lowest BCUT2D eigenvalue weighted by Crippen LogP contribution is -2.31. The number of methoxy groups -OCH3 is 1. The lowest BCUT2D eigenvalue weighted by Gasteiger charge is -2.15. The molecule has 18 heavy (non-hydrogen) atoms. The average Bonchev–Trinajstić information content (AvgIpc) is 2.36. The van der Waals surface area contributed by atoms with Crippen LogP contribution in [0.15, 0.2) is 18.2 Å². The zero-order valence-corrected chi connectivity index (χ0v) is 9.52. The number of nitrogens with zero attached hydrogens (tertiary/aromatic N) is 1. The lowest BCUT2D eigenvalue weighted by molar-refractivity contribution is -0.384. The highest BCUT2D eigenvalue weighted by Crippen LogP contribution is 2.29. The SMILES string of the molecule is COc1ccc(NCC(F)(F)CO)c([N+](=O)[O-])c1. The molecule has 0 aliphatic carbocycles. The molecular weight excluding hydrogens is 250 g/mol. The van der Waals surface area contributed by atoms with Crippen LogP contribution in [0.25, 0.3) is 0 Å². The quantitative estimate of drug-likeness (QED) is 0.601. The minimum atomic E-state index is -3.34. The van der Waals surface area contributed by atoms with Gasteiger partial charge < -0.3 is 15.2 Å². The van der Waals surface area contributed by atoms with Crippen molar-refractivity contribution in [3.05, 3.63) is 28.3 Å². The summed E-state index contributed by atoms with van der Waals surface area (Å²) in [6, 6.07) is 3.80. The molecule has 0 atom stereocenters. The molecule has 0 saturated heterocycles. The Balaban J connectivity index is 2.91. The summed E-state index contributed by atoms with van der Waals surface area (Å²) in [6.45, 7) is -2.22. The number of hydrogen-bond donors (Lipinski definition) is 2. The zero-order chi connectivity index (χ0) is 13.8. The van der Waals surface area contributed by atoms with E-state index in [0.717, 1.165) is 6.07 Å². The molecule has 1 rings (SSSR count).